The lowest BCUT2D eigenvalue weighted by Gasteiger charge is -2.20. The summed E-state index contributed by atoms with van der Waals surface area (Å²) in [6, 6.07) is 11.3. The summed E-state index contributed by atoms with van der Waals surface area (Å²) in [5.41, 5.74) is 6.81. The summed E-state index contributed by atoms with van der Waals surface area (Å²) in [4.78, 5) is 27.0. The molecule has 0 bridgehead atoms. The van der Waals surface area contributed by atoms with Gasteiger partial charge in [0.2, 0.25) is 5.91 Å². The van der Waals surface area contributed by atoms with Crippen LogP contribution in [0.5, 0.6) is 0 Å². The number of fused-ring (bicyclic) bond motifs is 1. The van der Waals surface area contributed by atoms with Crippen molar-refractivity contribution in [3.63, 3.8) is 0 Å². The van der Waals surface area contributed by atoms with E-state index in [9.17, 15) is 9.59 Å². The molecule has 110 valence electrons. The Morgan fingerprint density at radius 3 is 2.19 bits per heavy atom. The van der Waals surface area contributed by atoms with Crippen molar-refractivity contribution in [3.8, 4) is 0 Å². The fourth-order valence-electron chi connectivity index (χ4n) is 2.06. The van der Waals surface area contributed by atoms with Gasteiger partial charge in [-0.15, -0.1) is 0 Å². The molecule has 21 heavy (non-hydrogen) atoms. The van der Waals surface area contributed by atoms with E-state index in [4.69, 9.17) is 5.73 Å². The molecule has 0 aliphatic heterocycles. The monoisotopic (exact) mass is 285 g/mol. The number of amides is 2. The molecule has 0 aromatic heterocycles. The van der Waals surface area contributed by atoms with E-state index >= 15 is 0 Å². The standard InChI is InChI=1S/C16H19N3O2/c1-18(2)15(20)10-19(3)16(21)13-8-11-6-4-5-7-12(11)9-14(13)17/h4-9H,10,17H2,1-3H3. The third-order valence-corrected chi connectivity index (χ3v) is 3.37. The minimum absolute atomic E-state index is 0.0259. The number of benzene rings is 2. The van der Waals surface area contributed by atoms with Crippen molar-refractivity contribution >= 4 is 28.3 Å². The first-order valence-electron chi connectivity index (χ1n) is 6.64. The number of nitrogens with zero attached hydrogens (tertiary/aromatic N) is 2. The minimum atomic E-state index is -0.256. The summed E-state index contributed by atoms with van der Waals surface area (Å²) in [5.74, 6) is -0.390. The van der Waals surface area contributed by atoms with Crippen LogP contribution in [-0.2, 0) is 4.79 Å². The van der Waals surface area contributed by atoms with Gasteiger partial charge >= 0.3 is 0 Å². The Bertz CT molecular complexity index is 695. The molecule has 2 aromatic rings. The molecule has 0 atom stereocenters. The predicted octanol–water partition coefficient (Wildman–Crippen LogP) is 1.58. The summed E-state index contributed by atoms with van der Waals surface area (Å²) >= 11 is 0. The lowest BCUT2D eigenvalue weighted by molar-refractivity contribution is -0.129. The van der Waals surface area contributed by atoms with Gasteiger partial charge < -0.3 is 15.5 Å². The molecule has 0 aliphatic rings. The number of nitrogen functional groups attached to an aromatic ring is 1. The normalized spacial score (nSPS) is 10.4. The first-order valence-corrected chi connectivity index (χ1v) is 6.64. The van der Waals surface area contributed by atoms with E-state index in [0.717, 1.165) is 10.8 Å². The third-order valence-electron chi connectivity index (χ3n) is 3.37. The zero-order valence-corrected chi connectivity index (χ0v) is 12.5. The summed E-state index contributed by atoms with van der Waals surface area (Å²) in [6.07, 6.45) is 0. The van der Waals surface area contributed by atoms with E-state index in [1.54, 1.807) is 33.3 Å². The van der Waals surface area contributed by atoms with Gasteiger partial charge in [-0.1, -0.05) is 24.3 Å². The van der Waals surface area contributed by atoms with Crippen LogP contribution in [0.15, 0.2) is 36.4 Å². The highest BCUT2D eigenvalue weighted by Crippen LogP contribution is 2.22. The molecule has 2 aromatic carbocycles. The zero-order chi connectivity index (χ0) is 15.6. The Balaban J connectivity index is 2.30. The van der Waals surface area contributed by atoms with Crippen LogP contribution in [0.2, 0.25) is 0 Å². The average Bonchev–Trinajstić information content (AvgIpc) is 2.45. The van der Waals surface area contributed by atoms with Crippen molar-refractivity contribution in [2.75, 3.05) is 33.4 Å². The Morgan fingerprint density at radius 2 is 1.62 bits per heavy atom. The van der Waals surface area contributed by atoms with Crippen molar-refractivity contribution in [1.29, 1.82) is 0 Å². The molecular formula is C16H19N3O2. The maximum atomic E-state index is 12.4. The molecule has 0 saturated carbocycles. The van der Waals surface area contributed by atoms with Crippen molar-refractivity contribution in [2.24, 2.45) is 0 Å². The summed E-state index contributed by atoms with van der Waals surface area (Å²) < 4.78 is 0. The fraction of sp³-hybridized carbons (Fsp3) is 0.250. The number of likely N-dealkylation sites (N-methyl/N-ethyl adjacent to an activating group) is 2. The van der Waals surface area contributed by atoms with Crippen molar-refractivity contribution in [1.82, 2.24) is 9.80 Å². The quantitative estimate of drug-likeness (QED) is 0.871. The van der Waals surface area contributed by atoms with Gasteiger partial charge in [-0.25, -0.2) is 0 Å². The van der Waals surface area contributed by atoms with E-state index in [2.05, 4.69) is 0 Å². The Hall–Kier alpha value is -2.56. The molecule has 2 rings (SSSR count). The molecule has 5 nitrogen and oxygen atoms in total. The molecule has 0 aliphatic carbocycles. The van der Waals surface area contributed by atoms with E-state index in [0.29, 0.717) is 11.3 Å². The first kappa shape index (κ1) is 14.8. The Morgan fingerprint density at radius 1 is 1.05 bits per heavy atom. The second-order valence-electron chi connectivity index (χ2n) is 5.24. The van der Waals surface area contributed by atoms with Gasteiger partial charge in [0.15, 0.2) is 0 Å². The first-order chi connectivity index (χ1) is 9.90. The maximum Gasteiger partial charge on any atom is 0.256 e. The molecular weight excluding hydrogens is 266 g/mol. The van der Waals surface area contributed by atoms with Crippen LogP contribution in [0.1, 0.15) is 10.4 Å². The molecule has 0 saturated heterocycles. The number of hydrogen-bond acceptors (Lipinski definition) is 3. The van der Waals surface area contributed by atoms with Crippen molar-refractivity contribution < 1.29 is 9.59 Å². The lowest BCUT2D eigenvalue weighted by Crippen LogP contribution is -2.38. The largest absolute Gasteiger partial charge is 0.398 e. The number of hydrogen-bond donors (Lipinski definition) is 1. The smallest absolute Gasteiger partial charge is 0.256 e. The lowest BCUT2D eigenvalue weighted by atomic mass is 10.0. The van der Waals surface area contributed by atoms with E-state index in [1.807, 2.05) is 24.3 Å². The van der Waals surface area contributed by atoms with Crippen LogP contribution in [0.25, 0.3) is 10.8 Å². The minimum Gasteiger partial charge on any atom is -0.398 e. The van der Waals surface area contributed by atoms with E-state index in [-0.39, 0.29) is 18.4 Å². The van der Waals surface area contributed by atoms with E-state index in [1.165, 1.54) is 9.80 Å². The predicted molar refractivity (Wildman–Crippen MR) is 84.0 cm³/mol. The molecule has 2 N–H and O–H groups in total. The topological polar surface area (TPSA) is 66.6 Å². The van der Waals surface area contributed by atoms with Gasteiger partial charge in [0.05, 0.1) is 12.1 Å². The third kappa shape index (κ3) is 3.13. The van der Waals surface area contributed by atoms with Crippen LogP contribution in [0.3, 0.4) is 0 Å². The number of anilines is 1. The molecule has 2 amide bonds. The number of rotatable bonds is 3. The summed E-state index contributed by atoms with van der Waals surface area (Å²) in [5, 5.41) is 1.93. The summed E-state index contributed by atoms with van der Waals surface area (Å²) in [6.45, 7) is 0.0259. The maximum absolute atomic E-state index is 12.4. The fourth-order valence-corrected chi connectivity index (χ4v) is 2.06. The summed E-state index contributed by atoms with van der Waals surface area (Å²) in [7, 11) is 4.91. The number of nitrogens with two attached hydrogens (primary N) is 1. The Labute approximate surface area is 123 Å². The van der Waals surface area contributed by atoms with Crippen LogP contribution in [0, 0.1) is 0 Å². The van der Waals surface area contributed by atoms with Gasteiger partial charge in [-0.05, 0) is 22.9 Å². The molecule has 0 fully saturated rings. The van der Waals surface area contributed by atoms with Gasteiger partial charge in [0, 0.05) is 26.8 Å². The second-order valence-corrected chi connectivity index (χ2v) is 5.24. The highest BCUT2D eigenvalue weighted by molar-refractivity contribution is 6.04. The molecule has 0 heterocycles. The Kier molecular flexibility index (Phi) is 4.12. The van der Waals surface area contributed by atoms with Crippen LogP contribution in [-0.4, -0.2) is 49.3 Å². The molecule has 5 heteroatoms. The van der Waals surface area contributed by atoms with Gasteiger partial charge in [0.1, 0.15) is 0 Å². The molecule has 0 spiro atoms. The van der Waals surface area contributed by atoms with Gasteiger partial charge in [-0.2, -0.15) is 0 Å². The van der Waals surface area contributed by atoms with Gasteiger partial charge in [0.25, 0.3) is 5.91 Å². The molecule has 0 radical (unpaired) electrons. The molecule has 0 unspecified atom stereocenters. The number of carbonyl (C=O) groups is 2. The van der Waals surface area contributed by atoms with Gasteiger partial charge in [-0.3, -0.25) is 9.59 Å². The highest BCUT2D eigenvalue weighted by atomic mass is 16.2. The van der Waals surface area contributed by atoms with Crippen LogP contribution in [0.4, 0.5) is 5.69 Å². The van der Waals surface area contributed by atoms with Crippen LogP contribution < -0.4 is 5.73 Å². The average molecular weight is 285 g/mol. The number of carbonyl (C=O) groups excluding carboxylic acids is 2. The van der Waals surface area contributed by atoms with E-state index < -0.39 is 0 Å². The highest BCUT2D eigenvalue weighted by Gasteiger charge is 2.18. The van der Waals surface area contributed by atoms with Crippen molar-refractivity contribution in [3.05, 3.63) is 42.0 Å². The SMILES string of the molecule is CN(C)C(=O)CN(C)C(=O)c1cc2ccccc2cc1N. The van der Waals surface area contributed by atoms with Crippen molar-refractivity contribution in [2.45, 2.75) is 0 Å². The van der Waals surface area contributed by atoms with Crippen LogP contribution >= 0.6 is 0 Å². The second kappa shape index (κ2) is 5.83. The zero-order valence-electron chi connectivity index (χ0n) is 12.5.